The molecule has 57 nitrogen and oxygen atoms in total. The molecule has 0 aromatic heterocycles. The molecular weight excluding hydrogens is 1880 g/mol. The lowest BCUT2D eigenvalue weighted by Gasteiger charge is -2.33. The molecule has 0 bridgehead atoms. The fourth-order valence-electron chi connectivity index (χ4n) is 17.8. The Labute approximate surface area is 837 Å². The van der Waals surface area contributed by atoms with E-state index in [1.54, 1.807) is 27.7 Å². The molecule has 5 heterocycles. The van der Waals surface area contributed by atoms with Gasteiger partial charge in [0, 0.05) is 85.1 Å². The molecule has 5 aliphatic heterocycles. The zero-order chi connectivity index (χ0) is 107. The largest absolute Gasteiger partial charge is 0.480 e. The fraction of sp³-hybridized carbons (Fsp3) is 0.724. The summed E-state index contributed by atoms with van der Waals surface area (Å²) in [5.41, 5.74) is 50.4. The minimum Gasteiger partial charge on any atom is -0.480 e. The molecule has 144 heavy (non-hydrogen) atoms. The van der Waals surface area contributed by atoms with E-state index in [9.17, 15) is 62.6 Å². The van der Waals surface area contributed by atoms with Crippen molar-refractivity contribution in [3.8, 4) is 0 Å². The van der Waals surface area contributed by atoms with E-state index in [4.69, 9.17) is 94.9 Å². The molecule has 0 radical (unpaired) electrons. The van der Waals surface area contributed by atoms with Crippen LogP contribution in [-0.2, 0) is 76.7 Å². The van der Waals surface area contributed by atoms with Crippen molar-refractivity contribution in [2.45, 2.75) is 298 Å². The second-order valence-electron chi connectivity index (χ2n) is 37.0. The van der Waals surface area contributed by atoms with E-state index in [0.717, 1.165) is 0 Å². The normalized spacial score (nSPS) is 18.6. The third-order valence-electron chi connectivity index (χ3n) is 25.3. The highest BCUT2D eigenvalue weighted by atomic mass is 16.4. The van der Waals surface area contributed by atoms with Crippen molar-refractivity contribution in [3.63, 3.8) is 0 Å². The number of carbonyl (C=O) groups excluding carboxylic acids is 15. The lowest BCUT2D eigenvalue weighted by Crippen LogP contribution is -2.60. The first-order chi connectivity index (χ1) is 68.2. The summed E-state index contributed by atoms with van der Waals surface area (Å²) in [5.74, 6) is -16.5. The quantitative estimate of drug-likeness (QED) is 0.0153. The van der Waals surface area contributed by atoms with Crippen LogP contribution in [-0.4, -0.2) is 354 Å². The van der Waals surface area contributed by atoms with Gasteiger partial charge in [-0.1, -0.05) is 34.1 Å². The average Bonchev–Trinajstić information content (AvgIpc) is 1.65. The van der Waals surface area contributed by atoms with Crippen molar-refractivity contribution < 1.29 is 81.8 Å². The lowest BCUT2D eigenvalue weighted by atomic mass is 9.96. The van der Waals surface area contributed by atoms with Crippen molar-refractivity contribution in [2.75, 3.05) is 91.6 Å². The van der Waals surface area contributed by atoms with Crippen molar-refractivity contribution in [1.29, 1.82) is 43.3 Å². The second kappa shape index (κ2) is 62.1. The number of carboxylic acid groups (broad SMARTS) is 1. The van der Waals surface area contributed by atoms with Gasteiger partial charge in [0.05, 0.1) is 12.6 Å². The molecule has 0 unspecified atom stereocenters. The second-order valence-corrected chi connectivity index (χ2v) is 37.0. The van der Waals surface area contributed by atoms with E-state index in [2.05, 4.69) is 95.7 Å². The van der Waals surface area contributed by atoms with Gasteiger partial charge in [-0.15, -0.1) is 0 Å². The minimum atomic E-state index is -1.44. The molecule has 16 atom stereocenters. The first-order valence-corrected chi connectivity index (χ1v) is 49.4. The van der Waals surface area contributed by atoms with Gasteiger partial charge in [0.25, 0.3) is 0 Å². The maximum Gasteiger partial charge on any atom is 0.326 e. The zero-order valence-corrected chi connectivity index (χ0v) is 82.9. The summed E-state index contributed by atoms with van der Waals surface area (Å²) < 4.78 is 0. The Morgan fingerprint density at radius 3 is 0.833 bits per heavy atom. The summed E-state index contributed by atoms with van der Waals surface area (Å²) in [5, 5.41) is 119. The number of rotatable bonds is 62. The van der Waals surface area contributed by atoms with Crippen LogP contribution in [0.15, 0.2) is 0 Å². The molecule has 45 N–H and O–H groups in total. The average molecular weight is 2040 g/mol. The Morgan fingerprint density at radius 1 is 0.299 bits per heavy atom. The number of nitrogens with zero attached hydrogens (tertiary/aromatic N) is 5. The summed E-state index contributed by atoms with van der Waals surface area (Å²) in [4.78, 5) is 238. The van der Waals surface area contributed by atoms with Crippen molar-refractivity contribution in [1.82, 2.24) is 120 Å². The summed E-state index contributed by atoms with van der Waals surface area (Å²) in [6.45, 7) is 7.18. The predicted octanol–water partition coefficient (Wildman–Crippen LogP) is -9.97. The number of hydrogen-bond acceptors (Lipinski definition) is 25. The lowest BCUT2D eigenvalue weighted by molar-refractivity contribution is -0.146. The Kier molecular flexibility index (Phi) is 51.8. The number of carbonyl (C=O) groups is 16. The van der Waals surface area contributed by atoms with Gasteiger partial charge < -0.3 is 177 Å². The molecule has 15 amide bonds. The Bertz CT molecular complexity index is 4450. The number of amides is 15. The smallest absolute Gasteiger partial charge is 0.326 e. The van der Waals surface area contributed by atoms with Crippen LogP contribution in [0.2, 0.25) is 0 Å². The third kappa shape index (κ3) is 41.3. The van der Waals surface area contributed by atoms with Crippen molar-refractivity contribution in [3.05, 3.63) is 0 Å². The van der Waals surface area contributed by atoms with Gasteiger partial charge in [-0.2, -0.15) is 0 Å². The number of carboxylic acids is 1. The minimum absolute atomic E-state index is 0.000765. The standard InChI is InChI=1S/C87H158N40O17/c1-5-48(4)64(122-67(131)51(21-8-34-107-82(93)94)115-65(129)49(88)19-6-32-105-80(89)90)73(137)119-55(25-12-38-111-86(101)102)77(141)125-42-16-29-60(125)70(134)116-52(22-9-35-108-83(95)96)74(138)123-40-14-27-58(123)68(132)113-46-63(128)114-50(20-7-33-106-81(91)92)66(130)121-57(45-47(2)3)78(142)127-44-18-30-61(127)71(135)118-53(23-10-36-109-84(97)98)75(139)124-41-15-28-59(124)69(133)117-54(24-11-37-110-85(99)100)76(140)126-43-17-31-62(126)72(136)120-56(79(143)144)26-13-39-112-87(103)104/h47-62,64H,5-46,88H2,1-4H3,(H,113,132)(H,114,128)(H,115,129)(H,116,134)(H,117,133)(H,118,135)(H,119,137)(H,120,136)(H,121,130)(H,122,131)(H,143,144)(H4,89,90,105)(H4,91,92,106)(H4,93,94,107)(H4,95,96,108)(H4,97,98,109)(H4,99,100,110)(H4,101,102,111)(H4,103,104,112)/t48-,49-,50-,51-,52-,53-,54-,55-,56-,57-,58-,59-,60-,61-,62-,64-/m0/s1. The van der Waals surface area contributed by atoms with Crippen molar-refractivity contribution >= 4 is 142 Å². The van der Waals surface area contributed by atoms with E-state index in [-0.39, 0.29) is 287 Å². The molecule has 0 aromatic carbocycles. The van der Waals surface area contributed by atoms with E-state index < -0.39 is 204 Å². The molecule has 5 rings (SSSR count). The van der Waals surface area contributed by atoms with Crippen LogP contribution < -0.4 is 147 Å². The molecular formula is C87H158N40O17. The van der Waals surface area contributed by atoms with Gasteiger partial charge in [0.2, 0.25) is 88.6 Å². The van der Waals surface area contributed by atoms with Crippen LogP contribution in [0.3, 0.4) is 0 Å². The molecule has 5 saturated heterocycles. The number of likely N-dealkylation sites (tertiary alicyclic amines) is 5. The number of guanidine groups is 8. The highest BCUT2D eigenvalue weighted by molar-refractivity contribution is 6.02. The summed E-state index contributed by atoms with van der Waals surface area (Å²) in [6.07, 6.45) is 3.38. The zero-order valence-electron chi connectivity index (χ0n) is 82.9. The molecule has 0 saturated carbocycles. The Hall–Kier alpha value is -14.4. The maximum absolute atomic E-state index is 15.1. The number of nitrogens with one attached hydrogen (secondary N) is 26. The van der Waals surface area contributed by atoms with Crippen molar-refractivity contribution in [2.24, 2.45) is 63.4 Å². The van der Waals surface area contributed by atoms with Gasteiger partial charge in [-0.05, 0) is 185 Å². The van der Waals surface area contributed by atoms with E-state index in [1.165, 1.54) is 24.5 Å². The van der Waals surface area contributed by atoms with E-state index in [0.29, 0.717) is 25.7 Å². The highest BCUT2D eigenvalue weighted by Gasteiger charge is 2.48. The Morgan fingerprint density at radius 2 is 0.542 bits per heavy atom. The first kappa shape index (κ1) is 120. The van der Waals surface area contributed by atoms with Gasteiger partial charge in [-0.25, -0.2) is 4.79 Å². The highest BCUT2D eigenvalue weighted by Crippen LogP contribution is 2.28. The first-order valence-electron chi connectivity index (χ1n) is 49.4. The summed E-state index contributed by atoms with van der Waals surface area (Å²) in [6, 6.07) is -19.3. The monoisotopic (exact) mass is 2040 g/mol. The predicted molar refractivity (Wildman–Crippen MR) is 532 cm³/mol. The SMILES string of the molecule is CC[C@H](C)[C@H](NC(=O)[C@H](CCCNC(=N)N)NC(=O)[C@@H](N)CCCNC(=N)N)C(=O)N[C@@H](CCCNC(=N)N)C(=O)N1CCC[C@H]1C(=O)N[C@@H](CCCNC(=N)N)C(=O)N1CCC[C@H]1C(=O)NCC(=O)N[C@@H](CCCNC(=N)N)C(=O)N[C@@H](CC(C)C)C(=O)N1CCC[C@H]1C(=O)N[C@@H](CCCNC(=N)N)C(=O)N1CCC[C@H]1C(=O)N[C@@H](CCCNC(=N)N)C(=O)N1CCC[C@H]1C(=O)N[C@@H](CCCNC(=N)N)C(=O)O. The molecule has 5 aliphatic rings. The van der Waals surface area contributed by atoms with Crippen LogP contribution >= 0.6 is 0 Å². The van der Waals surface area contributed by atoms with E-state index in [1.807, 2.05) is 0 Å². The number of aliphatic carboxylic acids is 1. The number of nitrogens with two attached hydrogens (primary N) is 9. The Balaban J connectivity index is 1.33. The third-order valence-corrected chi connectivity index (χ3v) is 25.3. The maximum atomic E-state index is 15.1. The van der Waals surface area contributed by atoms with Crippen LogP contribution in [0.4, 0.5) is 0 Å². The summed E-state index contributed by atoms with van der Waals surface area (Å²) >= 11 is 0. The summed E-state index contributed by atoms with van der Waals surface area (Å²) in [7, 11) is 0. The molecule has 5 fully saturated rings. The van der Waals surface area contributed by atoms with Crippen LogP contribution in [0.25, 0.3) is 0 Å². The van der Waals surface area contributed by atoms with Crippen LogP contribution in [0, 0.1) is 55.1 Å². The molecule has 0 aliphatic carbocycles. The molecule has 0 spiro atoms. The molecule has 0 aromatic rings. The fourth-order valence-corrected chi connectivity index (χ4v) is 17.8. The van der Waals surface area contributed by atoms with Crippen LogP contribution in [0.1, 0.15) is 207 Å². The topological polar surface area (TPSA) is 951 Å². The van der Waals surface area contributed by atoms with Gasteiger partial charge in [0.1, 0.15) is 84.6 Å². The van der Waals surface area contributed by atoms with Gasteiger partial charge >= 0.3 is 5.97 Å². The number of hydrogen-bond donors (Lipinski definition) is 36. The van der Waals surface area contributed by atoms with Gasteiger partial charge in [0.15, 0.2) is 47.7 Å². The van der Waals surface area contributed by atoms with Crippen LogP contribution in [0.5, 0.6) is 0 Å². The van der Waals surface area contributed by atoms with Gasteiger partial charge in [-0.3, -0.25) is 115 Å². The molecule has 57 heteroatoms. The molecule has 808 valence electrons. The van der Waals surface area contributed by atoms with E-state index >= 15 is 19.2 Å².